The van der Waals surface area contributed by atoms with Crippen molar-refractivity contribution >= 4 is 23.2 Å². The van der Waals surface area contributed by atoms with Crippen molar-refractivity contribution in [3.8, 4) is 0 Å². The quantitative estimate of drug-likeness (QED) is 0.485. The first kappa shape index (κ1) is 14.0. The molecule has 3 rings (SSSR count). The third-order valence-electron chi connectivity index (χ3n) is 4.23. The van der Waals surface area contributed by atoms with Crippen LogP contribution in [0.1, 0.15) is 34.9 Å². The molecule has 0 heterocycles. The second kappa shape index (κ2) is 6.20. The van der Waals surface area contributed by atoms with Gasteiger partial charge >= 0.3 is 0 Å². The largest absolute Gasteiger partial charge is 0.117 e. The first-order valence-corrected chi connectivity index (χ1v) is 8.02. The molecule has 0 radical (unpaired) electrons. The summed E-state index contributed by atoms with van der Waals surface area (Å²) < 4.78 is 0. The van der Waals surface area contributed by atoms with Gasteiger partial charge in [0.25, 0.3) is 0 Å². The Morgan fingerprint density at radius 1 is 1.00 bits per heavy atom. The van der Waals surface area contributed by atoms with Gasteiger partial charge in [0, 0.05) is 5.02 Å². The fourth-order valence-electron chi connectivity index (χ4n) is 3.14. The second-order valence-electron chi connectivity index (χ2n) is 5.55. The summed E-state index contributed by atoms with van der Waals surface area (Å²) in [5.74, 6) is 0.459. The summed E-state index contributed by atoms with van der Waals surface area (Å²) >= 11 is 13.1. The molecule has 20 heavy (non-hydrogen) atoms. The van der Waals surface area contributed by atoms with E-state index in [4.69, 9.17) is 23.2 Å². The topological polar surface area (TPSA) is 0 Å². The van der Waals surface area contributed by atoms with E-state index < -0.39 is 0 Å². The van der Waals surface area contributed by atoms with Crippen LogP contribution in [0, 0.1) is 5.92 Å². The Labute approximate surface area is 130 Å². The molecule has 0 N–H and O–H groups in total. The highest BCUT2D eigenvalue weighted by molar-refractivity contribution is 6.31. The minimum Gasteiger partial charge on any atom is -0.117 e. The molecular weight excluding hydrogens is 287 g/mol. The maximum absolute atomic E-state index is 6.78. The van der Waals surface area contributed by atoms with E-state index in [0.29, 0.717) is 5.92 Å². The minimum absolute atomic E-state index is 0.0879. The van der Waals surface area contributed by atoms with E-state index in [9.17, 15) is 0 Å². The number of benzene rings is 2. The van der Waals surface area contributed by atoms with Crippen LogP contribution in [0.2, 0.25) is 5.02 Å². The summed E-state index contributed by atoms with van der Waals surface area (Å²) in [6.45, 7) is 0. The van der Waals surface area contributed by atoms with Gasteiger partial charge in [-0.15, -0.1) is 11.6 Å². The SMILES string of the molecule is Clc1ccccc1CC1CCCc2ccccc2C1Cl. The molecule has 0 bridgehead atoms. The van der Waals surface area contributed by atoms with Crippen molar-refractivity contribution in [3.05, 3.63) is 70.2 Å². The van der Waals surface area contributed by atoms with E-state index in [1.54, 1.807) is 0 Å². The van der Waals surface area contributed by atoms with Crippen LogP contribution in [0.3, 0.4) is 0 Å². The summed E-state index contributed by atoms with van der Waals surface area (Å²) in [7, 11) is 0. The van der Waals surface area contributed by atoms with Gasteiger partial charge in [0.15, 0.2) is 0 Å². The Hall–Kier alpha value is -0.980. The highest BCUT2D eigenvalue weighted by Gasteiger charge is 2.26. The van der Waals surface area contributed by atoms with Crippen molar-refractivity contribution in [1.29, 1.82) is 0 Å². The van der Waals surface area contributed by atoms with Crippen LogP contribution in [0.4, 0.5) is 0 Å². The molecule has 2 atom stereocenters. The number of aryl methyl sites for hydroxylation is 1. The summed E-state index contributed by atoms with van der Waals surface area (Å²) in [5, 5.41) is 0.943. The van der Waals surface area contributed by atoms with E-state index in [0.717, 1.165) is 24.3 Å². The van der Waals surface area contributed by atoms with Gasteiger partial charge in [0.2, 0.25) is 0 Å². The van der Waals surface area contributed by atoms with E-state index in [1.807, 2.05) is 12.1 Å². The summed E-state index contributed by atoms with van der Waals surface area (Å²) in [4.78, 5) is 0. The molecule has 2 unspecified atom stereocenters. The van der Waals surface area contributed by atoms with Crippen LogP contribution in [0.5, 0.6) is 0 Å². The third-order valence-corrected chi connectivity index (χ3v) is 5.19. The molecular formula is C18H18Cl2. The molecule has 0 fully saturated rings. The van der Waals surface area contributed by atoms with Crippen LogP contribution in [-0.2, 0) is 12.8 Å². The number of hydrogen-bond acceptors (Lipinski definition) is 0. The molecule has 2 aromatic carbocycles. The lowest BCUT2D eigenvalue weighted by atomic mass is 9.90. The predicted octanol–water partition coefficient (Wildman–Crippen LogP) is 5.82. The van der Waals surface area contributed by atoms with Gasteiger partial charge in [-0.2, -0.15) is 0 Å². The van der Waals surface area contributed by atoms with Crippen molar-refractivity contribution in [2.45, 2.75) is 31.1 Å². The molecule has 0 aliphatic heterocycles. The normalized spacial score (nSPS) is 22.1. The smallest absolute Gasteiger partial charge is 0.0619 e. The summed E-state index contributed by atoms with van der Waals surface area (Å²) in [5.41, 5.74) is 3.93. The molecule has 0 aromatic heterocycles. The average Bonchev–Trinajstić information content (AvgIpc) is 2.62. The molecule has 0 saturated heterocycles. The first-order valence-electron chi connectivity index (χ1n) is 7.21. The van der Waals surface area contributed by atoms with Crippen LogP contribution in [0.15, 0.2) is 48.5 Å². The fourth-order valence-corrected chi connectivity index (χ4v) is 3.78. The van der Waals surface area contributed by atoms with Crippen molar-refractivity contribution in [2.75, 3.05) is 0 Å². The highest BCUT2D eigenvalue weighted by Crippen LogP contribution is 2.40. The lowest BCUT2D eigenvalue weighted by Crippen LogP contribution is -2.11. The van der Waals surface area contributed by atoms with Crippen molar-refractivity contribution in [2.24, 2.45) is 5.92 Å². The standard InChI is InChI=1S/C18H18Cl2/c19-17-11-4-2-7-14(17)12-15-9-5-8-13-6-1-3-10-16(13)18(15)20/h1-4,6-7,10-11,15,18H,5,8-9,12H2. The molecule has 1 aliphatic rings. The number of fused-ring (bicyclic) bond motifs is 1. The predicted molar refractivity (Wildman–Crippen MR) is 86.6 cm³/mol. The van der Waals surface area contributed by atoms with Gasteiger partial charge in [0.1, 0.15) is 0 Å². The Kier molecular flexibility index (Phi) is 4.33. The molecule has 104 valence electrons. The van der Waals surface area contributed by atoms with Gasteiger partial charge in [-0.3, -0.25) is 0 Å². The Morgan fingerprint density at radius 3 is 2.60 bits per heavy atom. The zero-order chi connectivity index (χ0) is 13.9. The molecule has 1 aliphatic carbocycles. The fraction of sp³-hybridized carbons (Fsp3) is 0.333. The van der Waals surface area contributed by atoms with Gasteiger partial charge in [0.05, 0.1) is 5.38 Å². The molecule has 0 spiro atoms. The minimum atomic E-state index is 0.0879. The number of rotatable bonds is 2. The monoisotopic (exact) mass is 304 g/mol. The molecule has 2 aromatic rings. The molecule has 2 heteroatoms. The maximum atomic E-state index is 6.78. The Bertz CT molecular complexity index is 591. The first-order chi connectivity index (χ1) is 9.75. The van der Waals surface area contributed by atoms with Crippen molar-refractivity contribution < 1.29 is 0 Å². The summed E-state index contributed by atoms with van der Waals surface area (Å²) in [6.07, 6.45) is 4.46. The second-order valence-corrected chi connectivity index (χ2v) is 6.43. The zero-order valence-electron chi connectivity index (χ0n) is 11.4. The number of hydrogen-bond donors (Lipinski definition) is 0. The lowest BCUT2D eigenvalue weighted by molar-refractivity contribution is 0.465. The highest BCUT2D eigenvalue weighted by atomic mass is 35.5. The van der Waals surface area contributed by atoms with Crippen LogP contribution >= 0.6 is 23.2 Å². The number of halogens is 2. The Morgan fingerprint density at radius 2 is 1.75 bits per heavy atom. The molecule has 0 saturated carbocycles. The maximum Gasteiger partial charge on any atom is 0.0619 e. The van der Waals surface area contributed by atoms with Gasteiger partial charge in [-0.25, -0.2) is 0 Å². The van der Waals surface area contributed by atoms with Crippen LogP contribution in [0.25, 0.3) is 0 Å². The zero-order valence-corrected chi connectivity index (χ0v) is 12.9. The van der Waals surface area contributed by atoms with Crippen LogP contribution in [-0.4, -0.2) is 0 Å². The van der Waals surface area contributed by atoms with Gasteiger partial charge in [-0.05, 0) is 54.4 Å². The van der Waals surface area contributed by atoms with Crippen molar-refractivity contribution in [3.63, 3.8) is 0 Å². The van der Waals surface area contributed by atoms with Gasteiger partial charge < -0.3 is 0 Å². The summed E-state index contributed by atoms with van der Waals surface area (Å²) in [6, 6.07) is 16.7. The average molecular weight is 305 g/mol. The van der Waals surface area contributed by atoms with E-state index >= 15 is 0 Å². The lowest BCUT2D eigenvalue weighted by Gasteiger charge is -2.21. The molecule has 0 amide bonds. The van der Waals surface area contributed by atoms with E-state index in [-0.39, 0.29) is 5.38 Å². The van der Waals surface area contributed by atoms with E-state index in [2.05, 4.69) is 36.4 Å². The number of alkyl halides is 1. The van der Waals surface area contributed by atoms with Crippen LogP contribution < -0.4 is 0 Å². The van der Waals surface area contributed by atoms with Crippen molar-refractivity contribution in [1.82, 2.24) is 0 Å². The van der Waals surface area contributed by atoms with Gasteiger partial charge in [-0.1, -0.05) is 54.1 Å². The third kappa shape index (κ3) is 2.87. The molecule has 0 nitrogen and oxygen atoms in total. The Balaban J connectivity index is 1.86. The van der Waals surface area contributed by atoms with E-state index in [1.165, 1.54) is 23.1 Å².